The topological polar surface area (TPSA) is 15.3 Å². The fraction of sp³-hybridized carbons (Fsp3) is 0.750. The summed E-state index contributed by atoms with van der Waals surface area (Å²) in [5.74, 6) is 0. The Balaban J connectivity index is 1.37. The number of fused-ring (bicyclic) bond motifs is 1. The second-order valence-corrected chi connectivity index (χ2v) is 8.22. The number of hydrogen-bond donors (Lipinski definition) is 1. The van der Waals surface area contributed by atoms with Gasteiger partial charge >= 0.3 is 0 Å². The highest BCUT2D eigenvalue weighted by molar-refractivity contribution is 5.75. The van der Waals surface area contributed by atoms with Crippen LogP contribution in [0.5, 0.6) is 0 Å². The van der Waals surface area contributed by atoms with Gasteiger partial charge < -0.3 is 10.2 Å². The van der Waals surface area contributed by atoms with Crippen molar-refractivity contribution in [2.75, 3.05) is 23.4 Å². The summed E-state index contributed by atoms with van der Waals surface area (Å²) >= 11 is 0. The average molecular weight is 359 g/mol. The molecule has 0 spiro atoms. The molecule has 1 aromatic rings. The fourth-order valence-corrected chi connectivity index (χ4v) is 4.03. The van der Waals surface area contributed by atoms with Crippen molar-refractivity contribution in [1.82, 2.24) is 0 Å². The van der Waals surface area contributed by atoms with E-state index in [1.54, 1.807) is 0 Å². The minimum absolute atomic E-state index is 0.983. The molecule has 1 N–H and O–H groups in total. The summed E-state index contributed by atoms with van der Waals surface area (Å²) in [4.78, 5) is 2.50. The largest absolute Gasteiger partial charge is 0.366 e. The lowest BCUT2D eigenvalue weighted by atomic mass is 10.0. The molecule has 2 rings (SSSR count). The summed E-state index contributed by atoms with van der Waals surface area (Å²) in [6.07, 6.45) is 20.0. The number of nitrogens with zero attached hydrogens (tertiary/aromatic N) is 1. The number of hydrogen-bond acceptors (Lipinski definition) is 2. The van der Waals surface area contributed by atoms with Crippen LogP contribution in [0.2, 0.25) is 0 Å². The minimum Gasteiger partial charge on any atom is -0.366 e. The molecule has 0 atom stereocenters. The molecule has 1 heterocycles. The number of unbranched alkanes of at least 4 members (excludes halogenated alkanes) is 13. The van der Waals surface area contributed by atoms with E-state index in [1.165, 1.54) is 113 Å². The van der Waals surface area contributed by atoms with Crippen molar-refractivity contribution in [3.8, 4) is 0 Å². The Kier molecular flexibility index (Phi) is 10.6. The molecule has 0 amide bonds. The lowest BCUT2D eigenvalue weighted by Gasteiger charge is -2.17. The molecule has 0 radical (unpaired) electrons. The normalized spacial score (nSPS) is 13.1. The number of anilines is 2. The predicted octanol–water partition coefficient (Wildman–Crippen LogP) is 7.67. The Hall–Kier alpha value is -1.18. The van der Waals surface area contributed by atoms with Crippen LogP contribution in [0.25, 0.3) is 0 Å². The van der Waals surface area contributed by atoms with Crippen LogP contribution in [0.3, 0.4) is 0 Å². The van der Waals surface area contributed by atoms with Crippen LogP contribution in [0.15, 0.2) is 18.2 Å². The van der Waals surface area contributed by atoms with Crippen LogP contribution in [0, 0.1) is 6.92 Å². The number of aryl methyl sites for hydroxylation is 1. The second-order valence-electron chi connectivity index (χ2n) is 8.22. The van der Waals surface area contributed by atoms with E-state index in [0.29, 0.717) is 0 Å². The second kappa shape index (κ2) is 13.1. The molecule has 2 nitrogen and oxygen atoms in total. The van der Waals surface area contributed by atoms with Gasteiger partial charge in [0, 0.05) is 6.54 Å². The maximum atomic E-state index is 3.52. The average Bonchev–Trinajstić information content (AvgIpc) is 3.04. The van der Waals surface area contributed by atoms with Crippen LogP contribution < -0.4 is 10.2 Å². The van der Waals surface area contributed by atoms with Gasteiger partial charge in [-0.15, -0.1) is 0 Å². The van der Waals surface area contributed by atoms with Crippen molar-refractivity contribution < 1.29 is 0 Å². The van der Waals surface area contributed by atoms with Gasteiger partial charge in [0.25, 0.3) is 0 Å². The third-order valence-corrected chi connectivity index (χ3v) is 5.73. The Morgan fingerprint density at radius 3 is 1.88 bits per heavy atom. The molecule has 0 bridgehead atoms. The SMILES string of the molecule is CCCCCCCCCCCCCCCCN1CNc2cc(C)ccc21. The first-order valence-corrected chi connectivity index (χ1v) is 11.4. The van der Waals surface area contributed by atoms with Gasteiger partial charge in [-0.3, -0.25) is 0 Å². The lowest BCUT2D eigenvalue weighted by molar-refractivity contribution is 0.535. The number of rotatable bonds is 15. The molecule has 148 valence electrons. The van der Waals surface area contributed by atoms with E-state index in [-0.39, 0.29) is 0 Å². The summed E-state index contributed by atoms with van der Waals surface area (Å²) in [5.41, 5.74) is 4.05. The molecular formula is C24H42N2. The van der Waals surface area contributed by atoms with Crippen molar-refractivity contribution in [1.29, 1.82) is 0 Å². The Labute approximate surface area is 162 Å². The van der Waals surface area contributed by atoms with Crippen LogP contribution in [-0.2, 0) is 0 Å². The van der Waals surface area contributed by atoms with E-state index in [1.807, 2.05) is 0 Å². The van der Waals surface area contributed by atoms with E-state index in [9.17, 15) is 0 Å². The van der Waals surface area contributed by atoms with Crippen molar-refractivity contribution in [2.45, 2.75) is 104 Å². The quantitative estimate of drug-likeness (QED) is 0.324. The third kappa shape index (κ3) is 8.01. The molecule has 1 aliphatic heterocycles. The molecule has 0 saturated carbocycles. The van der Waals surface area contributed by atoms with Gasteiger partial charge in [-0.05, 0) is 31.0 Å². The van der Waals surface area contributed by atoms with Crippen molar-refractivity contribution in [3.05, 3.63) is 23.8 Å². The summed E-state index contributed by atoms with van der Waals surface area (Å²) in [5, 5.41) is 3.52. The fourth-order valence-electron chi connectivity index (χ4n) is 4.03. The smallest absolute Gasteiger partial charge is 0.0877 e. The molecule has 0 fully saturated rings. The third-order valence-electron chi connectivity index (χ3n) is 5.73. The summed E-state index contributed by atoms with van der Waals surface area (Å²) < 4.78 is 0. The first-order chi connectivity index (χ1) is 12.8. The first kappa shape index (κ1) is 21.1. The van der Waals surface area contributed by atoms with Crippen LogP contribution in [0.4, 0.5) is 11.4 Å². The van der Waals surface area contributed by atoms with E-state index in [2.05, 4.69) is 42.3 Å². The number of benzene rings is 1. The van der Waals surface area contributed by atoms with Crippen LogP contribution in [-0.4, -0.2) is 13.2 Å². The van der Waals surface area contributed by atoms with E-state index in [4.69, 9.17) is 0 Å². The van der Waals surface area contributed by atoms with E-state index < -0.39 is 0 Å². The predicted molar refractivity (Wildman–Crippen MR) is 117 cm³/mol. The summed E-state index contributed by atoms with van der Waals surface area (Å²) in [6, 6.07) is 6.76. The minimum atomic E-state index is 0.983. The van der Waals surface area contributed by atoms with Crippen molar-refractivity contribution in [3.63, 3.8) is 0 Å². The molecule has 1 aliphatic rings. The highest BCUT2D eigenvalue weighted by atomic mass is 15.3. The zero-order valence-electron chi connectivity index (χ0n) is 17.5. The van der Waals surface area contributed by atoms with Crippen molar-refractivity contribution in [2.24, 2.45) is 0 Å². The Bertz CT molecular complexity index is 483. The monoisotopic (exact) mass is 358 g/mol. The molecule has 0 aromatic heterocycles. The van der Waals surface area contributed by atoms with Crippen LogP contribution >= 0.6 is 0 Å². The molecule has 0 unspecified atom stereocenters. The van der Waals surface area contributed by atoms with Gasteiger partial charge in [0.1, 0.15) is 0 Å². The molecule has 0 saturated heterocycles. The zero-order valence-corrected chi connectivity index (χ0v) is 17.5. The van der Waals surface area contributed by atoms with Gasteiger partial charge in [0.2, 0.25) is 0 Å². The lowest BCUT2D eigenvalue weighted by Crippen LogP contribution is -2.23. The standard InChI is InChI=1S/C24H42N2/c1-3-4-5-6-7-8-9-10-11-12-13-14-15-16-19-26-21-25-23-20-22(2)17-18-24(23)26/h17-18,20,25H,3-16,19,21H2,1-2H3. The van der Waals surface area contributed by atoms with E-state index >= 15 is 0 Å². The molecular weight excluding hydrogens is 316 g/mol. The highest BCUT2D eigenvalue weighted by Gasteiger charge is 2.17. The van der Waals surface area contributed by atoms with Gasteiger partial charge in [-0.1, -0.05) is 96.5 Å². The van der Waals surface area contributed by atoms with Crippen LogP contribution in [0.1, 0.15) is 102 Å². The van der Waals surface area contributed by atoms with E-state index in [0.717, 1.165) is 6.67 Å². The Morgan fingerprint density at radius 1 is 0.769 bits per heavy atom. The molecule has 2 heteroatoms. The molecule has 1 aromatic carbocycles. The zero-order chi connectivity index (χ0) is 18.5. The van der Waals surface area contributed by atoms with Gasteiger partial charge in [0.15, 0.2) is 0 Å². The van der Waals surface area contributed by atoms with Gasteiger partial charge in [0.05, 0.1) is 18.0 Å². The molecule has 0 aliphatic carbocycles. The summed E-state index contributed by atoms with van der Waals surface area (Å²) in [7, 11) is 0. The highest BCUT2D eigenvalue weighted by Crippen LogP contribution is 2.32. The van der Waals surface area contributed by atoms with Crippen molar-refractivity contribution >= 4 is 11.4 Å². The van der Waals surface area contributed by atoms with Gasteiger partial charge in [-0.2, -0.15) is 0 Å². The summed E-state index contributed by atoms with van der Waals surface area (Å²) in [6.45, 7) is 6.64. The number of nitrogens with one attached hydrogen (secondary N) is 1. The molecule has 26 heavy (non-hydrogen) atoms. The Morgan fingerprint density at radius 2 is 1.31 bits per heavy atom. The van der Waals surface area contributed by atoms with Gasteiger partial charge in [-0.25, -0.2) is 0 Å². The maximum Gasteiger partial charge on any atom is 0.0877 e. The first-order valence-electron chi connectivity index (χ1n) is 11.4. The maximum absolute atomic E-state index is 3.52.